The van der Waals surface area contributed by atoms with E-state index in [0.717, 1.165) is 12.0 Å². The van der Waals surface area contributed by atoms with Gasteiger partial charge in [-0.25, -0.2) is 0 Å². The molecule has 2 rings (SSSR count). The predicted octanol–water partition coefficient (Wildman–Crippen LogP) is 3.80. The molecule has 3 N–H and O–H groups in total. The summed E-state index contributed by atoms with van der Waals surface area (Å²) in [6, 6.07) is 10.4. The first-order chi connectivity index (χ1) is 9.11. The molecule has 0 radical (unpaired) electrons. The number of nitrogens with two attached hydrogens (primary N) is 1. The van der Waals surface area contributed by atoms with Crippen LogP contribution in [-0.2, 0) is 6.42 Å². The van der Waals surface area contributed by atoms with E-state index in [1.807, 2.05) is 6.07 Å². The normalized spacial score (nSPS) is 12.9. The van der Waals surface area contributed by atoms with Gasteiger partial charge < -0.3 is 4.42 Å². The van der Waals surface area contributed by atoms with Crippen molar-refractivity contribution in [2.24, 2.45) is 5.84 Å². The lowest BCUT2D eigenvalue weighted by Gasteiger charge is -2.15. The molecule has 1 atom stereocenters. The molecule has 1 aromatic heterocycles. The van der Waals surface area contributed by atoms with Crippen LogP contribution in [-0.4, -0.2) is 0 Å². The summed E-state index contributed by atoms with van der Waals surface area (Å²) in [5.41, 5.74) is 6.22. The number of nitrogens with one attached hydrogen (secondary N) is 1. The van der Waals surface area contributed by atoms with Crippen LogP contribution in [0.15, 0.2) is 41.0 Å². The van der Waals surface area contributed by atoms with Gasteiger partial charge in [0.2, 0.25) is 0 Å². The predicted molar refractivity (Wildman–Crippen MR) is 78.0 cm³/mol. The van der Waals surface area contributed by atoms with E-state index < -0.39 is 0 Å². The molecule has 0 aliphatic rings. The van der Waals surface area contributed by atoms with Gasteiger partial charge in [0.15, 0.2) is 5.22 Å². The van der Waals surface area contributed by atoms with Crippen LogP contribution in [0.4, 0.5) is 0 Å². The molecule has 0 fully saturated rings. The first-order valence-corrected chi connectivity index (χ1v) is 6.77. The van der Waals surface area contributed by atoms with E-state index in [1.54, 1.807) is 6.26 Å². The average Bonchev–Trinajstić information content (AvgIpc) is 2.83. The molecule has 1 unspecified atom stereocenters. The summed E-state index contributed by atoms with van der Waals surface area (Å²) in [6.45, 7) is 4.37. The number of hydrazine groups is 1. The van der Waals surface area contributed by atoms with Crippen LogP contribution in [0.2, 0.25) is 5.22 Å². The second-order valence-corrected chi connectivity index (χ2v) is 5.31. The van der Waals surface area contributed by atoms with E-state index in [9.17, 15) is 0 Å². The third-order valence-corrected chi connectivity index (χ3v) is 3.62. The molecule has 2 aromatic rings. The van der Waals surface area contributed by atoms with Gasteiger partial charge >= 0.3 is 0 Å². The number of rotatable bonds is 5. The Morgan fingerprint density at radius 3 is 2.37 bits per heavy atom. The molecule has 0 saturated carbocycles. The van der Waals surface area contributed by atoms with Crippen molar-refractivity contribution in [1.29, 1.82) is 0 Å². The van der Waals surface area contributed by atoms with Gasteiger partial charge in [0.05, 0.1) is 12.3 Å². The topological polar surface area (TPSA) is 51.2 Å². The largest absolute Gasteiger partial charge is 0.453 e. The van der Waals surface area contributed by atoms with E-state index in [-0.39, 0.29) is 6.04 Å². The van der Waals surface area contributed by atoms with Gasteiger partial charge in [-0.2, -0.15) is 0 Å². The van der Waals surface area contributed by atoms with E-state index in [4.69, 9.17) is 21.9 Å². The second kappa shape index (κ2) is 6.24. The van der Waals surface area contributed by atoms with E-state index >= 15 is 0 Å². The van der Waals surface area contributed by atoms with Crippen molar-refractivity contribution in [2.75, 3.05) is 0 Å². The molecule has 1 heterocycles. The number of halogens is 1. The third-order valence-electron chi connectivity index (χ3n) is 3.31. The molecule has 0 spiro atoms. The van der Waals surface area contributed by atoms with Crippen molar-refractivity contribution in [1.82, 2.24) is 5.43 Å². The minimum absolute atomic E-state index is 0.0452. The quantitative estimate of drug-likeness (QED) is 0.646. The smallest absolute Gasteiger partial charge is 0.197 e. The standard InChI is InChI=1S/C15H19ClN2O/c1-10(2)12-5-3-11(4-6-12)9-14(18-17)13-7-8-19-15(13)16/h3-8,10,14,18H,9,17H2,1-2H3. The summed E-state index contributed by atoms with van der Waals surface area (Å²) in [5.74, 6) is 6.15. The van der Waals surface area contributed by atoms with Crippen LogP contribution in [0.5, 0.6) is 0 Å². The van der Waals surface area contributed by atoms with Crippen molar-refractivity contribution in [3.63, 3.8) is 0 Å². The fraction of sp³-hybridized carbons (Fsp3) is 0.333. The van der Waals surface area contributed by atoms with Crippen LogP contribution in [0.1, 0.15) is 42.5 Å². The summed E-state index contributed by atoms with van der Waals surface area (Å²) in [4.78, 5) is 0. The van der Waals surface area contributed by atoms with Gasteiger partial charge in [0, 0.05) is 5.56 Å². The van der Waals surface area contributed by atoms with Crippen LogP contribution >= 0.6 is 11.6 Å². The molecule has 4 heteroatoms. The summed E-state index contributed by atoms with van der Waals surface area (Å²) in [5, 5.41) is 0.391. The number of hydrogen-bond acceptors (Lipinski definition) is 3. The lowest BCUT2D eigenvalue weighted by atomic mass is 9.97. The van der Waals surface area contributed by atoms with E-state index in [2.05, 4.69) is 43.5 Å². The highest BCUT2D eigenvalue weighted by Crippen LogP contribution is 2.26. The van der Waals surface area contributed by atoms with Gasteiger partial charge in [0.1, 0.15) is 0 Å². The third kappa shape index (κ3) is 3.38. The van der Waals surface area contributed by atoms with Gasteiger partial charge in [-0.05, 0) is 41.1 Å². The minimum atomic E-state index is -0.0452. The maximum atomic E-state index is 5.98. The molecule has 0 saturated heterocycles. The van der Waals surface area contributed by atoms with Crippen molar-refractivity contribution in [3.8, 4) is 0 Å². The molecular weight excluding hydrogens is 260 g/mol. The average molecular weight is 279 g/mol. The minimum Gasteiger partial charge on any atom is -0.453 e. The molecule has 19 heavy (non-hydrogen) atoms. The lowest BCUT2D eigenvalue weighted by molar-refractivity contribution is 0.527. The van der Waals surface area contributed by atoms with Crippen LogP contribution in [0.25, 0.3) is 0 Å². The monoisotopic (exact) mass is 278 g/mol. The van der Waals surface area contributed by atoms with Crippen molar-refractivity contribution in [3.05, 3.63) is 58.5 Å². The second-order valence-electron chi connectivity index (χ2n) is 4.97. The molecule has 1 aromatic carbocycles. The van der Waals surface area contributed by atoms with Crippen molar-refractivity contribution >= 4 is 11.6 Å². The van der Waals surface area contributed by atoms with Crippen LogP contribution < -0.4 is 11.3 Å². The molecule has 0 bridgehead atoms. The SMILES string of the molecule is CC(C)c1ccc(CC(NN)c2ccoc2Cl)cc1. The Balaban J connectivity index is 2.13. The summed E-state index contributed by atoms with van der Waals surface area (Å²) >= 11 is 5.98. The molecule has 3 nitrogen and oxygen atoms in total. The molecule has 102 valence electrons. The Kier molecular flexibility index (Phi) is 4.64. The number of furan rings is 1. The molecule has 0 aliphatic carbocycles. The summed E-state index contributed by atoms with van der Waals surface area (Å²) in [7, 11) is 0. The zero-order valence-corrected chi connectivity index (χ0v) is 11.9. The van der Waals surface area contributed by atoms with Gasteiger partial charge in [0.25, 0.3) is 0 Å². The molecule has 0 amide bonds. The molecular formula is C15H19ClN2O. The number of hydrogen-bond donors (Lipinski definition) is 2. The number of benzene rings is 1. The lowest BCUT2D eigenvalue weighted by Crippen LogP contribution is -2.29. The Bertz CT molecular complexity index is 519. The van der Waals surface area contributed by atoms with Crippen molar-refractivity contribution in [2.45, 2.75) is 32.2 Å². The molecule has 0 aliphatic heterocycles. The summed E-state index contributed by atoms with van der Waals surface area (Å²) < 4.78 is 5.11. The highest BCUT2D eigenvalue weighted by molar-refractivity contribution is 6.29. The maximum absolute atomic E-state index is 5.98. The fourth-order valence-electron chi connectivity index (χ4n) is 2.09. The van der Waals surface area contributed by atoms with E-state index in [1.165, 1.54) is 11.1 Å². The first-order valence-electron chi connectivity index (χ1n) is 6.39. The maximum Gasteiger partial charge on any atom is 0.197 e. The highest BCUT2D eigenvalue weighted by Gasteiger charge is 2.16. The van der Waals surface area contributed by atoms with Gasteiger partial charge in [-0.1, -0.05) is 38.1 Å². The summed E-state index contributed by atoms with van der Waals surface area (Å²) in [6.07, 6.45) is 2.35. The Labute approximate surface area is 118 Å². The van der Waals surface area contributed by atoms with Gasteiger partial charge in [-0.15, -0.1) is 0 Å². The first kappa shape index (κ1) is 14.1. The zero-order valence-electron chi connectivity index (χ0n) is 11.2. The van der Waals surface area contributed by atoms with Crippen LogP contribution in [0.3, 0.4) is 0 Å². The van der Waals surface area contributed by atoms with Crippen molar-refractivity contribution < 1.29 is 4.42 Å². The Morgan fingerprint density at radius 2 is 1.89 bits per heavy atom. The Morgan fingerprint density at radius 1 is 1.21 bits per heavy atom. The zero-order chi connectivity index (χ0) is 13.8. The van der Waals surface area contributed by atoms with Gasteiger partial charge in [-0.3, -0.25) is 11.3 Å². The highest BCUT2D eigenvalue weighted by atomic mass is 35.5. The Hall–Kier alpha value is -1.29. The van der Waals surface area contributed by atoms with Crippen LogP contribution in [0, 0.1) is 0 Å². The van der Waals surface area contributed by atoms with E-state index in [0.29, 0.717) is 11.1 Å². The fourth-order valence-corrected chi connectivity index (χ4v) is 2.33.